The number of nitrogens with zero attached hydrogens (tertiary/aromatic N) is 2. The van der Waals surface area contributed by atoms with Crippen molar-refractivity contribution in [1.82, 2.24) is 9.36 Å². The highest BCUT2D eigenvalue weighted by Gasteiger charge is 2.36. The highest BCUT2D eigenvalue weighted by atomic mass is 32.1. The Kier molecular flexibility index (Phi) is 4.41. The van der Waals surface area contributed by atoms with Gasteiger partial charge in [0.1, 0.15) is 0 Å². The SMILES string of the molecule is O=C(O)C(CNc1nc(C(F)(F)F)ns1)c1ccccc1. The Balaban J connectivity index is 2.06. The Morgan fingerprint density at radius 3 is 2.52 bits per heavy atom. The number of aliphatic carboxylic acids is 1. The van der Waals surface area contributed by atoms with Gasteiger partial charge in [-0.1, -0.05) is 30.3 Å². The molecule has 1 atom stereocenters. The van der Waals surface area contributed by atoms with Gasteiger partial charge in [-0.25, -0.2) is 0 Å². The van der Waals surface area contributed by atoms with Crippen LogP contribution in [0.3, 0.4) is 0 Å². The summed E-state index contributed by atoms with van der Waals surface area (Å²) in [6.07, 6.45) is -4.61. The number of rotatable bonds is 5. The molecule has 1 aromatic carbocycles. The third-order valence-electron chi connectivity index (χ3n) is 2.64. The van der Waals surface area contributed by atoms with Crippen molar-refractivity contribution in [2.75, 3.05) is 11.9 Å². The summed E-state index contributed by atoms with van der Waals surface area (Å²) in [7, 11) is 0. The van der Waals surface area contributed by atoms with Crippen molar-refractivity contribution < 1.29 is 23.1 Å². The zero-order valence-electron chi connectivity index (χ0n) is 10.5. The van der Waals surface area contributed by atoms with Crippen molar-refractivity contribution in [1.29, 1.82) is 0 Å². The van der Waals surface area contributed by atoms with Gasteiger partial charge in [0.25, 0.3) is 0 Å². The molecule has 0 saturated carbocycles. The Morgan fingerprint density at radius 1 is 1.33 bits per heavy atom. The van der Waals surface area contributed by atoms with Gasteiger partial charge >= 0.3 is 12.1 Å². The van der Waals surface area contributed by atoms with E-state index in [9.17, 15) is 23.1 Å². The first-order chi connectivity index (χ1) is 9.88. The number of carboxylic acids is 1. The number of carboxylic acid groups (broad SMARTS) is 1. The number of benzene rings is 1. The molecule has 1 heterocycles. The summed E-state index contributed by atoms with van der Waals surface area (Å²) in [6.45, 7) is -0.0775. The van der Waals surface area contributed by atoms with Gasteiger partial charge in [-0.05, 0) is 5.56 Å². The molecule has 0 bridgehead atoms. The van der Waals surface area contributed by atoms with E-state index in [2.05, 4.69) is 14.7 Å². The molecule has 0 radical (unpaired) electrons. The maximum absolute atomic E-state index is 12.4. The lowest BCUT2D eigenvalue weighted by molar-refractivity contribution is -0.144. The van der Waals surface area contributed by atoms with E-state index >= 15 is 0 Å². The van der Waals surface area contributed by atoms with Crippen LogP contribution >= 0.6 is 11.5 Å². The van der Waals surface area contributed by atoms with Crippen molar-refractivity contribution in [3.05, 3.63) is 41.7 Å². The minimum absolute atomic E-state index is 0.0653. The zero-order valence-corrected chi connectivity index (χ0v) is 11.3. The first-order valence-electron chi connectivity index (χ1n) is 5.80. The van der Waals surface area contributed by atoms with Gasteiger partial charge < -0.3 is 10.4 Å². The summed E-state index contributed by atoms with van der Waals surface area (Å²) in [5.74, 6) is -3.19. The predicted molar refractivity (Wildman–Crippen MR) is 70.2 cm³/mol. The molecule has 0 aliphatic carbocycles. The van der Waals surface area contributed by atoms with Crippen LogP contribution < -0.4 is 5.32 Å². The first kappa shape index (κ1) is 15.2. The zero-order chi connectivity index (χ0) is 15.5. The summed E-state index contributed by atoms with van der Waals surface area (Å²) in [5.41, 5.74) is 0.554. The molecule has 0 aliphatic heterocycles. The lowest BCUT2D eigenvalue weighted by atomic mass is 9.99. The minimum Gasteiger partial charge on any atom is -0.481 e. The van der Waals surface area contributed by atoms with Crippen LogP contribution in [0, 0.1) is 0 Å². The Morgan fingerprint density at radius 2 is 2.00 bits per heavy atom. The molecule has 0 spiro atoms. The second-order valence-corrected chi connectivity index (χ2v) is 4.86. The van der Waals surface area contributed by atoms with Crippen LogP contribution in [0.2, 0.25) is 0 Å². The highest BCUT2D eigenvalue weighted by molar-refractivity contribution is 7.09. The number of aromatic nitrogens is 2. The van der Waals surface area contributed by atoms with E-state index in [4.69, 9.17) is 0 Å². The van der Waals surface area contributed by atoms with E-state index in [0.29, 0.717) is 17.1 Å². The lowest BCUT2D eigenvalue weighted by Gasteiger charge is -2.12. The predicted octanol–water partition coefficient (Wildman–Crippen LogP) is 2.84. The summed E-state index contributed by atoms with van der Waals surface area (Å²) in [4.78, 5) is 14.5. The number of anilines is 1. The molecule has 1 unspecified atom stereocenters. The van der Waals surface area contributed by atoms with Crippen LogP contribution in [-0.2, 0) is 11.0 Å². The average Bonchev–Trinajstić information content (AvgIpc) is 2.88. The van der Waals surface area contributed by atoms with Crippen LogP contribution in [0.1, 0.15) is 17.3 Å². The lowest BCUT2D eigenvalue weighted by Crippen LogP contribution is -2.21. The quantitative estimate of drug-likeness (QED) is 0.887. The van der Waals surface area contributed by atoms with Gasteiger partial charge in [-0.3, -0.25) is 4.79 Å². The molecule has 0 aliphatic rings. The molecule has 112 valence electrons. The van der Waals surface area contributed by atoms with E-state index in [-0.39, 0.29) is 11.7 Å². The smallest absolute Gasteiger partial charge is 0.452 e. The topological polar surface area (TPSA) is 75.1 Å². The fourth-order valence-electron chi connectivity index (χ4n) is 1.63. The summed E-state index contributed by atoms with van der Waals surface area (Å²) >= 11 is 0.540. The van der Waals surface area contributed by atoms with E-state index < -0.39 is 23.9 Å². The van der Waals surface area contributed by atoms with Crippen LogP contribution in [0.5, 0.6) is 0 Å². The molecular weight excluding hydrogens is 307 g/mol. The summed E-state index contributed by atoms with van der Waals surface area (Å²) in [5, 5.41) is 11.7. The maximum Gasteiger partial charge on any atom is 0.452 e. The third kappa shape index (κ3) is 3.91. The van der Waals surface area contributed by atoms with Gasteiger partial charge in [-0.15, -0.1) is 0 Å². The first-order valence-corrected chi connectivity index (χ1v) is 6.58. The van der Waals surface area contributed by atoms with E-state index in [0.717, 1.165) is 0 Å². The number of alkyl halides is 3. The summed E-state index contributed by atoms with van der Waals surface area (Å²) in [6, 6.07) is 8.41. The normalized spacial score (nSPS) is 12.9. The molecule has 2 rings (SSSR count). The number of carbonyl (C=O) groups is 1. The van der Waals surface area contributed by atoms with E-state index in [1.165, 1.54) is 0 Å². The van der Waals surface area contributed by atoms with Gasteiger partial charge in [0.2, 0.25) is 11.0 Å². The second kappa shape index (κ2) is 6.08. The average molecular weight is 317 g/mol. The molecule has 1 aromatic heterocycles. The molecule has 5 nitrogen and oxygen atoms in total. The van der Waals surface area contributed by atoms with Gasteiger partial charge in [0.15, 0.2) is 0 Å². The van der Waals surface area contributed by atoms with E-state index in [1.54, 1.807) is 30.3 Å². The number of nitrogens with one attached hydrogen (secondary N) is 1. The second-order valence-electron chi connectivity index (χ2n) is 4.10. The Labute approximate surface area is 121 Å². The van der Waals surface area contributed by atoms with Crippen molar-refractivity contribution in [3.8, 4) is 0 Å². The Hall–Kier alpha value is -2.16. The molecule has 2 N–H and O–H groups in total. The number of hydrogen-bond donors (Lipinski definition) is 2. The fraction of sp³-hybridized carbons (Fsp3) is 0.250. The van der Waals surface area contributed by atoms with Crippen molar-refractivity contribution in [3.63, 3.8) is 0 Å². The van der Waals surface area contributed by atoms with Gasteiger partial charge in [0.05, 0.1) is 5.92 Å². The molecule has 0 saturated heterocycles. The van der Waals surface area contributed by atoms with Crippen LogP contribution in [0.25, 0.3) is 0 Å². The summed E-state index contributed by atoms with van der Waals surface area (Å²) < 4.78 is 40.2. The molecule has 0 amide bonds. The monoisotopic (exact) mass is 317 g/mol. The standard InChI is InChI=1S/C12H10F3N3O2S/c13-12(14,15)10-17-11(21-18-10)16-6-8(9(19)20)7-4-2-1-3-5-7/h1-5,8H,6H2,(H,19,20)(H,16,17,18). The fourth-order valence-corrected chi connectivity index (χ4v) is 2.23. The van der Waals surface area contributed by atoms with Crippen molar-refractivity contribution in [2.45, 2.75) is 12.1 Å². The largest absolute Gasteiger partial charge is 0.481 e. The molecule has 21 heavy (non-hydrogen) atoms. The maximum atomic E-state index is 12.4. The van der Waals surface area contributed by atoms with E-state index in [1.807, 2.05) is 0 Å². The van der Waals surface area contributed by atoms with Gasteiger partial charge in [0, 0.05) is 18.1 Å². The van der Waals surface area contributed by atoms with Crippen molar-refractivity contribution >= 4 is 22.6 Å². The van der Waals surface area contributed by atoms with Crippen LogP contribution in [0.15, 0.2) is 30.3 Å². The molecular formula is C12H10F3N3O2S. The van der Waals surface area contributed by atoms with Crippen LogP contribution in [-0.4, -0.2) is 27.0 Å². The molecule has 0 fully saturated rings. The highest BCUT2D eigenvalue weighted by Crippen LogP contribution is 2.29. The van der Waals surface area contributed by atoms with Crippen molar-refractivity contribution in [2.24, 2.45) is 0 Å². The molecule has 9 heteroatoms. The van der Waals surface area contributed by atoms with Crippen LogP contribution in [0.4, 0.5) is 18.3 Å². The minimum atomic E-state index is -4.61. The number of hydrogen-bond acceptors (Lipinski definition) is 5. The number of halogens is 3. The third-order valence-corrected chi connectivity index (χ3v) is 3.31. The molecule has 2 aromatic rings. The Bertz CT molecular complexity index is 616. The van der Waals surface area contributed by atoms with Gasteiger partial charge in [-0.2, -0.15) is 22.5 Å².